The zero-order valence-corrected chi connectivity index (χ0v) is 58.6. The van der Waals surface area contributed by atoms with Gasteiger partial charge in [0.1, 0.15) is 39.8 Å². The van der Waals surface area contributed by atoms with Gasteiger partial charge in [0.2, 0.25) is 0 Å². The highest BCUT2D eigenvalue weighted by molar-refractivity contribution is 9.11. The molecule has 0 radical (unpaired) electrons. The Morgan fingerprint density at radius 1 is 0.578 bits per heavy atom. The van der Waals surface area contributed by atoms with Gasteiger partial charge >= 0.3 is 7.12 Å². The van der Waals surface area contributed by atoms with Crippen LogP contribution in [0.3, 0.4) is 0 Å². The molecule has 0 unspecified atom stereocenters. The van der Waals surface area contributed by atoms with Crippen LogP contribution in [0.15, 0.2) is 97.8 Å². The molecule has 0 spiro atoms. The van der Waals surface area contributed by atoms with Crippen LogP contribution in [0.2, 0.25) is 0 Å². The van der Waals surface area contributed by atoms with Gasteiger partial charge in [0.15, 0.2) is 28.7 Å². The lowest BCUT2D eigenvalue weighted by molar-refractivity contribution is 0.00578. The quantitative estimate of drug-likeness (QED) is 0.0530. The first-order valence-electron chi connectivity index (χ1n) is 25.0. The number of aryl methyl sites for hydroxylation is 8. The number of fused-ring (bicyclic) bond motifs is 2. The van der Waals surface area contributed by atoms with Crippen molar-refractivity contribution in [3.8, 4) is 33.8 Å². The zero-order valence-electron chi connectivity index (χ0n) is 49.0. The van der Waals surface area contributed by atoms with E-state index in [2.05, 4.69) is 127 Å². The fourth-order valence-corrected chi connectivity index (χ4v) is 11.5. The van der Waals surface area contributed by atoms with Crippen molar-refractivity contribution < 1.29 is 56.9 Å². The molecule has 4 aromatic carbocycles. The van der Waals surface area contributed by atoms with E-state index in [0.29, 0.717) is 37.6 Å². The number of nitrogens with zero attached hydrogens (tertiary/aromatic N) is 5. The number of aromatic hydroxyl groups is 2. The number of phenolic OH excluding ortho intramolecular Hbond substituents is 2. The summed E-state index contributed by atoms with van der Waals surface area (Å²) >= 11 is 19.6. The molecule has 1 saturated heterocycles. The van der Waals surface area contributed by atoms with Crippen molar-refractivity contribution in [1.82, 2.24) is 31.6 Å². The molecule has 0 aliphatic carbocycles. The van der Waals surface area contributed by atoms with Crippen molar-refractivity contribution in [1.29, 1.82) is 5.41 Å². The monoisotopic (exact) mass is 1530 g/mol. The SMILES string of the molecule is CC(=N)c1cc(Br)cc(Br)c1O.CC(=O)c1cc(Br)cc(Br)c1O.CC(C)O.CO.Cc1nc2cc(-c3c(C)noc3C)cc(-c3c(C)noc3C)c2o1.Cc1nc2cc(Br)cc(Br)c2o1.Cc1noc(C)c1B1OC(C)(C)C(C)(C)O1.N. The summed E-state index contributed by atoms with van der Waals surface area (Å²) in [5, 5.41) is 53.4. The number of benzene rings is 4. The maximum absolute atomic E-state index is 11.0. The second kappa shape index (κ2) is 31.0. The number of Topliss-reactive ketones (excluding diaryl/α,β-unsaturated/α-hetero) is 1. The van der Waals surface area contributed by atoms with Crippen molar-refractivity contribution in [3.63, 3.8) is 0 Å². The highest BCUT2D eigenvalue weighted by Crippen LogP contribution is 2.40. The topological polar surface area (TPSA) is 305 Å². The fourth-order valence-electron chi connectivity index (χ4n) is 7.78. The van der Waals surface area contributed by atoms with E-state index in [1.54, 1.807) is 45.0 Å². The molecular weight excluding hydrogens is 1460 g/mol. The van der Waals surface area contributed by atoms with Gasteiger partial charge in [-0.15, -0.1) is 0 Å². The molecule has 9 aromatic rings. The Hall–Kier alpha value is -4.87. The number of ketones is 1. The van der Waals surface area contributed by atoms with E-state index < -0.39 is 0 Å². The second-order valence-corrected chi connectivity index (χ2v) is 25.0. The van der Waals surface area contributed by atoms with Crippen LogP contribution < -0.4 is 11.6 Å². The van der Waals surface area contributed by atoms with Crippen LogP contribution in [0.4, 0.5) is 0 Å². The summed E-state index contributed by atoms with van der Waals surface area (Å²) in [4.78, 5) is 19.7. The molecule has 1 aliphatic rings. The summed E-state index contributed by atoms with van der Waals surface area (Å²) in [6.07, 6.45) is -0.167. The molecular formula is C57H68BBr6N7O12. The Morgan fingerprint density at radius 3 is 1.41 bits per heavy atom. The lowest BCUT2D eigenvalue weighted by Crippen LogP contribution is -2.41. The number of aliphatic hydroxyl groups excluding tert-OH is 2. The number of carbonyl (C=O) groups excluding carboxylic acids is 1. The highest BCUT2D eigenvalue weighted by atomic mass is 79.9. The van der Waals surface area contributed by atoms with Gasteiger partial charge in [0.25, 0.3) is 0 Å². The summed E-state index contributed by atoms with van der Waals surface area (Å²) in [7, 11) is 0.622. The molecule has 5 aromatic heterocycles. The van der Waals surface area contributed by atoms with Crippen LogP contribution in [0.5, 0.6) is 11.5 Å². The minimum absolute atomic E-state index is 0. The Labute approximate surface area is 533 Å². The number of aromatic nitrogens is 5. The Balaban J connectivity index is 0.000000273. The number of oxazole rings is 2. The molecule has 10 rings (SSSR count). The molecule has 26 heteroatoms. The lowest BCUT2D eigenvalue weighted by Gasteiger charge is -2.32. The number of rotatable bonds is 5. The van der Waals surface area contributed by atoms with Crippen molar-refractivity contribution in [2.45, 2.75) is 128 Å². The fraction of sp³-hybridized carbons (Fsp3) is 0.351. The third-order valence-electron chi connectivity index (χ3n) is 12.2. The van der Waals surface area contributed by atoms with Crippen molar-refractivity contribution >= 4 is 142 Å². The van der Waals surface area contributed by atoms with E-state index >= 15 is 0 Å². The van der Waals surface area contributed by atoms with E-state index in [1.807, 2.05) is 101 Å². The first-order valence-corrected chi connectivity index (χ1v) is 29.7. The average molecular weight is 1530 g/mol. The van der Waals surface area contributed by atoms with Gasteiger partial charge in [-0.05, 0) is 199 Å². The molecule has 6 heterocycles. The van der Waals surface area contributed by atoms with E-state index in [-0.39, 0.29) is 47.9 Å². The standard InChI is InChI=1S/C18H17N3O3.C11H18BNO3.C8H5Br2NO.C8H7Br2NO.C8H6Br2O2.C3H8O.CH4O.H3N/c1-8-16(10(3)23-20-8)13-6-14(17-9(2)21-24-11(17)4)18-15(7-13)19-12(5)22-18;1-7-9(8(2)14-13-7)12-15-10(3,4)11(5,6)16-12;1-4-11-7-3-5(9)2-6(10)8(7)12-4;2*1-4(11)6-2-5(9)3-7(10)8(6)12;1-3(2)4;1-2;/h6-7H,1-5H3;1-6H3;2-3H,1H3;2-3,11-12H,1H3;2-3,12H,1H3;3-4H,1-2H3;2H,1H3;1H3. The summed E-state index contributed by atoms with van der Waals surface area (Å²) < 4.78 is 43.5. The maximum atomic E-state index is 11.0. The predicted octanol–water partition coefficient (Wildman–Crippen LogP) is 16.5. The Morgan fingerprint density at radius 2 is 0.976 bits per heavy atom. The first-order chi connectivity index (χ1) is 38.1. The van der Waals surface area contributed by atoms with Crippen LogP contribution in [-0.2, 0) is 9.31 Å². The normalized spacial score (nSPS) is 12.7. The van der Waals surface area contributed by atoms with Crippen LogP contribution >= 0.6 is 95.6 Å². The van der Waals surface area contributed by atoms with Gasteiger partial charge in [-0.3, -0.25) is 4.79 Å². The largest absolute Gasteiger partial charge is 0.506 e. The molecule has 8 N–H and O–H groups in total. The summed E-state index contributed by atoms with van der Waals surface area (Å²) in [5.41, 5.74) is 11.0. The van der Waals surface area contributed by atoms with Gasteiger partial charge in [-0.25, -0.2) is 9.97 Å². The van der Waals surface area contributed by atoms with Crippen LogP contribution in [-0.4, -0.2) is 88.9 Å². The van der Waals surface area contributed by atoms with Crippen molar-refractivity contribution in [2.75, 3.05) is 7.11 Å². The van der Waals surface area contributed by atoms with Crippen molar-refractivity contribution in [3.05, 3.63) is 133 Å². The number of hydrogen-bond donors (Lipinski definition) is 6. The third-order valence-corrected chi connectivity index (χ3v) is 15.3. The Bertz CT molecular complexity index is 3560. The first kappa shape index (κ1) is 72.4. The van der Waals surface area contributed by atoms with E-state index in [0.717, 1.165) is 109 Å². The number of hydrogen-bond acceptors (Lipinski definition) is 19. The Kier molecular flexibility index (Phi) is 27.0. The van der Waals surface area contributed by atoms with Crippen LogP contribution in [0.1, 0.15) is 117 Å². The van der Waals surface area contributed by atoms with Gasteiger partial charge in [-0.1, -0.05) is 63.3 Å². The number of nitrogens with one attached hydrogen (secondary N) is 1. The van der Waals surface area contributed by atoms with E-state index in [1.165, 1.54) is 6.92 Å². The van der Waals surface area contributed by atoms with Crippen LogP contribution in [0.25, 0.3) is 44.5 Å². The summed E-state index contributed by atoms with van der Waals surface area (Å²) in [5.74, 6) is 3.54. The predicted molar refractivity (Wildman–Crippen MR) is 345 cm³/mol. The minimum Gasteiger partial charge on any atom is -0.506 e. The number of carbonyl (C=O) groups is 1. The highest BCUT2D eigenvalue weighted by Gasteiger charge is 2.53. The minimum atomic E-state index is -0.378. The molecule has 19 nitrogen and oxygen atoms in total. The zero-order chi connectivity index (χ0) is 62.0. The van der Waals surface area contributed by atoms with E-state index in [4.69, 9.17) is 47.3 Å². The molecule has 1 fully saturated rings. The molecule has 1 aliphatic heterocycles. The summed E-state index contributed by atoms with van der Waals surface area (Å²) in [6.45, 7) is 29.7. The maximum Gasteiger partial charge on any atom is 0.500 e. The van der Waals surface area contributed by atoms with Gasteiger partial charge in [-0.2, -0.15) is 0 Å². The van der Waals surface area contributed by atoms with Gasteiger partial charge in [0.05, 0.1) is 52.8 Å². The van der Waals surface area contributed by atoms with Crippen LogP contribution in [0, 0.1) is 60.8 Å². The van der Waals surface area contributed by atoms with Gasteiger partial charge < -0.3 is 63.7 Å². The molecule has 0 bridgehead atoms. The molecule has 448 valence electrons. The number of phenols is 2. The smallest absolute Gasteiger partial charge is 0.500 e. The van der Waals surface area contributed by atoms with E-state index in [9.17, 15) is 15.0 Å². The number of halogens is 6. The molecule has 0 atom stereocenters. The molecule has 0 amide bonds. The average Bonchev–Trinajstić information content (AvgIpc) is 4.08. The second-order valence-electron chi connectivity index (χ2n) is 19.6. The molecule has 0 saturated carbocycles. The lowest BCUT2D eigenvalue weighted by atomic mass is 9.77. The van der Waals surface area contributed by atoms with Crippen molar-refractivity contribution in [2.24, 2.45) is 0 Å². The molecule has 83 heavy (non-hydrogen) atoms. The van der Waals surface area contributed by atoms with Gasteiger partial charge in [0, 0.05) is 68.3 Å². The number of aliphatic hydroxyl groups is 2. The summed E-state index contributed by atoms with van der Waals surface area (Å²) in [6, 6.07) is 14.6. The third kappa shape index (κ3) is 18.6.